The van der Waals surface area contributed by atoms with Crippen LogP contribution in [0.3, 0.4) is 0 Å². The molecule has 1 aliphatic rings. The number of phosphoric acid groups is 1. The first kappa shape index (κ1) is 18.0. The predicted molar refractivity (Wildman–Crippen MR) is 85.0 cm³/mol. The lowest BCUT2D eigenvalue weighted by molar-refractivity contribution is -0.0435. The van der Waals surface area contributed by atoms with Gasteiger partial charge >= 0.3 is 13.5 Å². The number of hydrogen-bond donors (Lipinski definition) is 4. The lowest BCUT2D eigenvalue weighted by atomic mass is 10.2. The molecule has 13 heteroatoms. The van der Waals surface area contributed by atoms with Crippen LogP contribution in [0.4, 0.5) is 5.82 Å². The Labute approximate surface area is 141 Å². The fourth-order valence-electron chi connectivity index (χ4n) is 2.84. The highest BCUT2D eigenvalue weighted by atomic mass is 31.2. The highest BCUT2D eigenvalue weighted by Crippen LogP contribution is 2.43. The van der Waals surface area contributed by atoms with Crippen LogP contribution in [0.25, 0.3) is 11.2 Å². The van der Waals surface area contributed by atoms with Crippen molar-refractivity contribution < 1.29 is 28.7 Å². The van der Waals surface area contributed by atoms with Gasteiger partial charge in [0.05, 0.1) is 6.61 Å². The number of ether oxygens (including phenoxy) is 1. The molecule has 3 heterocycles. The maximum absolute atomic E-state index is 12.4. The molecular formula is C12H18N5O7P. The van der Waals surface area contributed by atoms with Gasteiger partial charge < -0.3 is 29.5 Å². The summed E-state index contributed by atoms with van der Waals surface area (Å²) in [5, 5.41) is 9.36. The minimum absolute atomic E-state index is 0.0372. The first-order valence-corrected chi connectivity index (χ1v) is 8.87. The average molecular weight is 375 g/mol. The summed E-state index contributed by atoms with van der Waals surface area (Å²) in [6.07, 6.45) is -1.69. The Morgan fingerprint density at radius 2 is 2.20 bits per heavy atom. The zero-order valence-corrected chi connectivity index (χ0v) is 14.3. The number of aliphatic hydroxyl groups is 1. The summed E-state index contributed by atoms with van der Waals surface area (Å²) in [4.78, 5) is 42.9. The van der Waals surface area contributed by atoms with Crippen molar-refractivity contribution in [2.24, 2.45) is 0 Å². The molecule has 3 atom stereocenters. The normalized spacial score (nSPS) is 24.1. The molecule has 0 spiro atoms. The number of fused-ring (bicyclic) bond motifs is 1. The van der Waals surface area contributed by atoms with Gasteiger partial charge in [0.25, 0.3) is 0 Å². The number of anilines is 1. The molecule has 4 N–H and O–H groups in total. The average Bonchev–Trinajstić information content (AvgIpc) is 3.04. The second-order valence-electron chi connectivity index (χ2n) is 5.77. The molecule has 3 rings (SSSR count). The summed E-state index contributed by atoms with van der Waals surface area (Å²) in [6, 6.07) is 0. The van der Waals surface area contributed by atoms with Crippen molar-refractivity contribution in [1.82, 2.24) is 19.5 Å². The standard InChI is InChI=1S/C12H18N5O7P/c1-16(2)10-9-11(14-5-13-10)17(12(19)15-9)8-3-6(7(4-18)23-8)24-25(20,21)22/h5-8,18H,3-4H2,1-2H3,(H,15,19)(H2,20,21,22)/t6-,7+,8+/m0/s1. The number of aliphatic hydroxyl groups excluding tert-OH is 1. The van der Waals surface area contributed by atoms with E-state index in [1.54, 1.807) is 19.0 Å². The number of H-pyrrole nitrogens is 1. The van der Waals surface area contributed by atoms with E-state index in [1.165, 1.54) is 10.9 Å². The fraction of sp³-hybridized carbons (Fsp3) is 0.583. The molecule has 0 bridgehead atoms. The van der Waals surface area contributed by atoms with Crippen molar-refractivity contribution in [3.8, 4) is 0 Å². The summed E-state index contributed by atoms with van der Waals surface area (Å²) in [6.45, 7) is -0.518. The van der Waals surface area contributed by atoms with Crippen molar-refractivity contribution in [1.29, 1.82) is 0 Å². The number of aromatic amines is 1. The van der Waals surface area contributed by atoms with Gasteiger partial charge in [0.1, 0.15) is 30.3 Å². The Balaban J connectivity index is 2.00. The van der Waals surface area contributed by atoms with E-state index in [4.69, 9.17) is 14.5 Å². The Kier molecular flexibility index (Phi) is 4.66. The van der Waals surface area contributed by atoms with E-state index in [0.29, 0.717) is 11.3 Å². The number of nitrogens with zero attached hydrogens (tertiary/aromatic N) is 4. The molecule has 2 aromatic rings. The monoisotopic (exact) mass is 375 g/mol. The topological polar surface area (TPSA) is 163 Å². The lowest BCUT2D eigenvalue weighted by Gasteiger charge is -2.16. The minimum atomic E-state index is -4.77. The first-order valence-electron chi connectivity index (χ1n) is 7.34. The smallest absolute Gasteiger partial charge is 0.394 e. The van der Waals surface area contributed by atoms with Crippen LogP contribution in [0.15, 0.2) is 11.1 Å². The third kappa shape index (κ3) is 3.45. The number of phosphoric ester groups is 1. The van der Waals surface area contributed by atoms with E-state index in [9.17, 15) is 14.5 Å². The lowest BCUT2D eigenvalue weighted by Crippen LogP contribution is -2.27. The molecule has 2 aromatic heterocycles. The van der Waals surface area contributed by atoms with Crippen LogP contribution >= 0.6 is 7.82 Å². The summed E-state index contributed by atoms with van der Waals surface area (Å²) in [5.41, 5.74) is 0.167. The highest BCUT2D eigenvalue weighted by Gasteiger charge is 2.41. The first-order chi connectivity index (χ1) is 11.7. The van der Waals surface area contributed by atoms with Crippen molar-refractivity contribution in [2.75, 3.05) is 25.6 Å². The summed E-state index contributed by atoms with van der Waals surface area (Å²) < 4.78 is 22.5. The number of aromatic nitrogens is 4. The molecule has 138 valence electrons. The van der Waals surface area contributed by atoms with Gasteiger partial charge in [0.15, 0.2) is 11.5 Å². The van der Waals surface area contributed by atoms with Crippen molar-refractivity contribution in [3.63, 3.8) is 0 Å². The summed E-state index contributed by atoms with van der Waals surface area (Å²) in [5.74, 6) is 0.501. The van der Waals surface area contributed by atoms with E-state index in [0.717, 1.165) is 0 Å². The SMILES string of the molecule is CN(C)c1ncnc2c1[nH]c(=O)n2[C@H]1C[C@H](OP(=O)(O)O)[C@@H](CO)O1. The van der Waals surface area contributed by atoms with Gasteiger partial charge in [-0.25, -0.2) is 23.9 Å². The third-order valence-electron chi connectivity index (χ3n) is 3.83. The van der Waals surface area contributed by atoms with Gasteiger partial charge in [-0.05, 0) is 0 Å². The maximum atomic E-state index is 12.4. The Hall–Kier alpha value is -1.82. The molecule has 0 aliphatic carbocycles. The quantitative estimate of drug-likeness (QED) is 0.474. The molecule has 0 saturated carbocycles. The predicted octanol–water partition coefficient (Wildman–Crippen LogP) is -1.06. The number of nitrogens with one attached hydrogen (secondary N) is 1. The molecule has 12 nitrogen and oxygen atoms in total. The molecule has 0 radical (unpaired) electrons. The van der Waals surface area contributed by atoms with Crippen molar-refractivity contribution in [2.45, 2.75) is 24.9 Å². The maximum Gasteiger partial charge on any atom is 0.469 e. The molecule has 0 amide bonds. The molecule has 0 aromatic carbocycles. The fourth-order valence-corrected chi connectivity index (χ4v) is 3.42. The van der Waals surface area contributed by atoms with Crippen LogP contribution in [0.2, 0.25) is 0 Å². The Morgan fingerprint density at radius 1 is 1.48 bits per heavy atom. The van der Waals surface area contributed by atoms with Gasteiger partial charge in [-0.1, -0.05) is 0 Å². The van der Waals surface area contributed by atoms with Gasteiger partial charge in [0.2, 0.25) is 0 Å². The zero-order chi connectivity index (χ0) is 18.4. The molecular weight excluding hydrogens is 357 g/mol. The van der Waals surface area contributed by atoms with E-state index < -0.39 is 38.6 Å². The number of hydrogen-bond acceptors (Lipinski definition) is 8. The van der Waals surface area contributed by atoms with Crippen molar-refractivity contribution >= 4 is 24.8 Å². The van der Waals surface area contributed by atoms with Crippen LogP contribution < -0.4 is 10.6 Å². The number of imidazole rings is 1. The molecule has 1 fully saturated rings. The summed E-state index contributed by atoms with van der Waals surface area (Å²) in [7, 11) is -1.25. The van der Waals surface area contributed by atoms with Gasteiger partial charge in [-0.2, -0.15) is 0 Å². The van der Waals surface area contributed by atoms with Crippen LogP contribution in [0.5, 0.6) is 0 Å². The molecule has 1 saturated heterocycles. The van der Waals surface area contributed by atoms with Crippen LogP contribution in [0, 0.1) is 0 Å². The number of rotatable bonds is 5. The van der Waals surface area contributed by atoms with E-state index in [2.05, 4.69) is 19.5 Å². The van der Waals surface area contributed by atoms with Gasteiger partial charge in [-0.15, -0.1) is 0 Å². The van der Waals surface area contributed by atoms with Crippen LogP contribution in [0.1, 0.15) is 12.6 Å². The van der Waals surface area contributed by atoms with E-state index in [1.807, 2.05) is 0 Å². The van der Waals surface area contributed by atoms with Gasteiger partial charge in [-0.3, -0.25) is 4.52 Å². The van der Waals surface area contributed by atoms with Gasteiger partial charge in [0, 0.05) is 20.5 Å². The van der Waals surface area contributed by atoms with Crippen molar-refractivity contribution in [3.05, 3.63) is 16.8 Å². The molecule has 0 unspecified atom stereocenters. The highest BCUT2D eigenvalue weighted by molar-refractivity contribution is 7.46. The third-order valence-corrected chi connectivity index (χ3v) is 4.38. The minimum Gasteiger partial charge on any atom is -0.394 e. The zero-order valence-electron chi connectivity index (χ0n) is 13.4. The Morgan fingerprint density at radius 3 is 2.80 bits per heavy atom. The molecule has 25 heavy (non-hydrogen) atoms. The summed E-state index contributed by atoms with van der Waals surface area (Å²) >= 11 is 0. The largest absolute Gasteiger partial charge is 0.469 e. The Bertz CT molecular complexity index is 874. The second-order valence-corrected chi connectivity index (χ2v) is 6.96. The second kappa shape index (κ2) is 6.48. The van der Waals surface area contributed by atoms with E-state index >= 15 is 0 Å². The van der Waals surface area contributed by atoms with Crippen LogP contribution in [-0.4, -0.2) is 67.3 Å². The van der Waals surface area contributed by atoms with E-state index in [-0.39, 0.29) is 12.1 Å². The molecule has 1 aliphatic heterocycles. The van der Waals surface area contributed by atoms with Crippen LogP contribution in [-0.2, 0) is 13.8 Å².